The Hall–Kier alpha value is -2.82. The molecular formula is C21H29FN6O. The SMILES string of the molecule is CCN(C#N)C[C@@H]1CC[C@H](C)[C@H]1Nc1nc(Oc2cccc(F)c2)n(C(C)C)n1. The lowest BCUT2D eigenvalue weighted by atomic mass is 9.98. The van der Waals surface area contributed by atoms with Crippen molar-refractivity contribution in [2.75, 3.05) is 18.4 Å². The number of aromatic nitrogens is 3. The van der Waals surface area contributed by atoms with Gasteiger partial charge in [-0.05, 0) is 57.6 Å². The smallest absolute Gasteiger partial charge is 0.322 e. The van der Waals surface area contributed by atoms with Crippen molar-refractivity contribution in [3.8, 4) is 18.0 Å². The fourth-order valence-corrected chi connectivity index (χ4v) is 3.85. The molecule has 8 heteroatoms. The molecule has 0 amide bonds. The Balaban J connectivity index is 1.78. The molecule has 0 aliphatic heterocycles. The van der Waals surface area contributed by atoms with Gasteiger partial charge in [0.05, 0.1) is 6.04 Å². The standard InChI is InChI=1S/C21H29FN6O/c1-5-27(13-23)12-16-10-9-15(4)19(16)24-20-25-21(28(26-20)14(2)3)29-18-8-6-7-17(22)11-18/h6-8,11,14-16,19H,5,9-10,12H2,1-4H3,(H,24,26)/t15-,16-,19+/m0/s1. The second-order valence-electron chi connectivity index (χ2n) is 7.94. The Labute approximate surface area is 171 Å². The van der Waals surface area contributed by atoms with E-state index in [-0.39, 0.29) is 17.9 Å². The van der Waals surface area contributed by atoms with E-state index < -0.39 is 0 Å². The minimum atomic E-state index is -0.364. The van der Waals surface area contributed by atoms with E-state index in [4.69, 9.17) is 4.74 Å². The first kappa shape index (κ1) is 20.9. The molecule has 0 bridgehead atoms. The summed E-state index contributed by atoms with van der Waals surface area (Å²) in [4.78, 5) is 6.31. The van der Waals surface area contributed by atoms with Crippen LogP contribution in [0.15, 0.2) is 24.3 Å². The molecule has 1 N–H and O–H groups in total. The predicted molar refractivity (Wildman–Crippen MR) is 109 cm³/mol. The van der Waals surface area contributed by atoms with Crippen molar-refractivity contribution in [1.82, 2.24) is 19.7 Å². The maximum atomic E-state index is 13.5. The highest BCUT2D eigenvalue weighted by atomic mass is 19.1. The van der Waals surface area contributed by atoms with E-state index in [1.54, 1.807) is 21.7 Å². The molecule has 1 saturated carbocycles. The highest BCUT2D eigenvalue weighted by Gasteiger charge is 2.35. The van der Waals surface area contributed by atoms with E-state index in [0.717, 1.165) is 19.4 Å². The summed E-state index contributed by atoms with van der Waals surface area (Å²) in [5.41, 5.74) is 0. The Bertz CT molecular complexity index is 861. The van der Waals surface area contributed by atoms with Gasteiger partial charge in [0, 0.05) is 25.2 Å². The number of halogens is 1. The fraction of sp³-hybridized carbons (Fsp3) is 0.571. The number of rotatable bonds is 8. The Kier molecular flexibility index (Phi) is 6.57. The van der Waals surface area contributed by atoms with Crippen LogP contribution in [0.5, 0.6) is 11.8 Å². The Morgan fingerprint density at radius 1 is 1.41 bits per heavy atom. The fourth-order valence-electron chi connectivity index (χ4n) is 3.85. The van der Waals surface area contributed by atoms with E-state index in [9.17, 15) is 9.65 Å². The van der Waals surface area contributed by atoms with Gasteiger partial charge in [-0.3, -0.25) is 0 Å². The minimum Gasteiger partial charge on any atom is -0.424 e. The van der Waals surface area contributed by atoms with Crippen LogP contribution in [0.4, 0.5) is 10.3 Å². The zero-order valence-corrected chi connectivity index (χ0v) is 17.5. The van der Waals surface area contributed by atoms with Crippen LogP contribution in [0.2, 0.25) is 0 Å². The molecule has 1 aliphatic rings. The lowest BCUT2D eigenvalue weighted by molar-refractivity contribution is 0.313. The third-order valence-corrected chi connectivity index (χ3v) is 5.48. The molecule has 0 spiro atoms. The van der Waals surface area contributed by atoms with Crippen molar-refractivity contribution >= 4 is 5.95 Å². The van der Waals surface area contributed by atoms with Gasteiger partial charge < -0.3 is 15.0 Å². The van der Waals surface area contributed by atoms with Crippen LogP contribution in [0, 0.1) is 29.1 Å². The van der Waals surface area contributed by atoms with Crippen molar-refractivity contribution < 1.29 is 9.13 Å². The van der Waals surface area contributed by atoms with Gasteiger partial charge in [0.1, 0.15) is 11.6 Å². The molecule has 156 valence electrons. The third-order valence-electron chi connectivity index (χ3n) is 5.48. The van der Waals surface area contributed by atoms with Gasteiger partial charge in [-0.25, -0.2) is 9.07 Å². The average molecular weight is 401 g/mol. The van der Waals surface area contributed by atoms with E-state index in [2.05, 4.69) is 28.5 Å². The molecule has 1 aliphatic carbocycles. The Morgan fingerprint density at radius 3 is 2.86 bits per heavy atom. The quantitative estimate of drug-likeness (QED) is 0.522. The maximum absolute atomic E-state index is 13.5. The first-order valence-electron chi connectivity index (χ1n) is 10.2. The molecule has 0 radical (unpaired) electrons. The summed E-state index contributed by atoms with van der Waals surface area (Å²) in [7, 11) is 0. The molecule has 7 nitrogen and oxygen atoms in total. The van der Waals surface area contributed by atoms with Crippen LogP contribution < -0.4 is 10.1 Å². The van der Waals surface area contributed by atoms with Crippen molar-refractivity contribution in [3.63, 3.8) is 0 Å². The molecule has 1 aromatic carbocycles. The lowest BCUT2D eigenvalue weighted by Crippen LogP contribution is -2.36. The molecule has 3 atom stereocenters. The van der Waals surface area contributed by atoms with E-state index >= 15 is 0 Å². The molecule has 29 heavy (non-hydrogen) atoms. The third kappa shape index (κ3) is 4.97. The second kappa shape index (κ2) is 9.12. The molecule has 2 aromatic rings. The van der Waals surface area contributed by atoms with Crippen molar-refractivity contribution in [2.24, 2.45) is 11.8 Å². The Morgan fingerprint density at radius 2 is 2.21 bits per heavy atom. The first-order valence-corrected chi connectivity index (χ1v) is 10.2. The summed E-state index contributed by atoms with van der Waals surface area (Å²) in [6.07, 6.45) is 4.42. The van der Waals surface area contributed by atoms with Crippen LogP contribution in [0.3, 0.4) is 0 Å². The predicted octanol–water partition coefficient (Wildman–Crippen LogP) is 4.42. The molecular weight excluding hydrogens is 371 g/mol. The largest absolute Gasteiger partial charge is 0.424 e. The van der Waals surface area contributed by atoms with Crippen LogP contribution in [0.25, 0.3) is 0 Å². The second-order valence-corrected chi connectivity index (χ2v) is 7.94. The van der Waals surface area contributed by atoms with Crippen molar-refractivity contribution in [3.05, 3.63) is 30.1 Å². The molecule has 1 fully saturated rings. The summed E-state index contributed by atoms with van der Waals surface area (Å²) in [5.74, 6) is 1.32. The van der Waals surface area contributed by atoms with E-state index in [0.29, 0.717) is 36.1 Å². The number of hydrogen-bond donors (Lipinski definition) is 1. The van der Waals surface area contributed by atoms with Gasteiger partial charge in [-0.1, -0.05) is 13.0 Å². The van der Waals surface area contributed by atoms with Crippen LogP contribution in [-0.4, -0.2) is 38.8 Å². The monoisotopic (exact) mass is 400 g/mol. The number of anilines is 1. The van der Waals surface area contributed by atoms with Crippen LogP contribution >= 0.6 is 0 Å². The zero-order chi connectivity index (χ0) is 21.0. The normalized spacial score (nSPS) is 21.2. The lowest BCUT2D eigenvalue weighted by Gasteiger charge is -2.26. The molecule has 0 unspecified atom stereocenters. The van der Waals surface area contributed by atoms with Gasteiger partial charge in [-0.2, -0.15) is 10.2 Å². The van der Waals surface area contributed by atoms with Crippen molar-refractivity contribution in [1.29, 1.82) is 5.26 Å². The molecule has 1 heterocycles. The number of nitrogens with one attached hydrogen (secondary N) is 1. The maximum Gasteiger partial charge on any atom is 0.322 e. The summed E-state index contributed by atoms with van der Waals surface area (Å²) in [5, 5.41) is 17.3. The minimum absolute atomic E-state index is 0.0348. The summed E-state index contributed by atoms with van der Waals surface area (Å²) < 4.78 is 21.0. The van der Waals surface area contributed by atoms with Gasteiger partial charge in [0.2, 0.25) is 5.95 Å². The molecule has 0 saturated heterocycles. The number of nitriles is 1. The van der Waals surface area contributed by atoms with Crippen LogP contribution in [-0.2, 0) is 0 Å². The number of ether oxygens (including phenoxy) is 1. The van der Waals surface area contributed by atoms with Crippen molar-refractivity contribution in [2.45, 2.75) is 52.6 Å². The van der Waals surface area contributed by atoms with Gasteiger partial charge in [0.15, 0.2) is 6.19 Å². The van der Waals surface area contributed by atoms with Gasteiger partial charge in [0.25, 0.3) is 0 Å². The highest BCUT2D eigenvalue weighted by Crippen LogP contribution is 2.34. The van der Waals surface area contributed by atoms with Gasteiger partial charge in [-0.15, -0.1) is 5.10 Å². The summed E-state index contributed by atoms with van der Waals surface area (Å²) in [6, 6.07) is 6.52. The number of hydrogen-bond acceptors (Lipinski definition) is 6. The first-order chi connectivity index (χ1) is 13.9. The summed E-state index contributed by atoms with van der Waals surface area (Å²) >= 11 is 0. The molecule has 3 rings (SSSR count). The molecule has 1 aromatic heterocycles. The average Bonchev–Trinajstić information content (AvgIpc) is 3.24. The summed E-state index contributed by atoms with van der Waals surface area (Å²) in [6.45, 7) is 9.62. The highest BCUT2D eigenvalue weighted by molar-refractivity contribution is 5.31. The number of benzene rings is 1. The zero-order valence-electron chi connectivity index (χ0n) is 17.5. The van der Waals surface area contributed by atoms with E-state index in [1.165, 1.54) is 12.1 Å². The van der Waals surface area contributed by atoms with E-state index in [1.807, 2.05) is 20.8 Å². The topological polar surface area (TPSA) is 79.0 Å². The van der Waals surface area contributed by atoms with Crippen LogP contribution in [0.1, 0.15) is 46.6 Å². The van der Waals surface area contributed by atoms with Gasteiger partial charge >= 0.3 is 6.01 Å². The number of nitrogens with zero attached hydrogens (tertiary/aromatic N) is 5.